The van der Waals surface area contributed by atoms with Crippen molar-refractivity contribution in [3.05, 3.63) is 0 Å². The van der Waals surface area contributed by atoms with Crippen LogP contribution in [0.3, 0.4) is 0 Å². The van der Waals surface area contributed by atoms with Crippen molar-refractivity contribution in [1.82, 2.24) is 4.90 Å². The maximum Gasteiger partial charge on any atom is 0.320 e. The average Bonchev–Trinajstić information content (AvgIpc) is 2.22. The number of carbonyl (C=O) groups is 1. The van der Waals surface area contributed by atoms with E-state index in [0.29, 0.717) is 0 Å². The summed E-state index contributed by atoms with van der Waals surface area (Å²) in [5.74, 6) is 0.330. The number of rotatable bonds is 5. The number of carboxylic acid groups (broad SMARTS) is 1. The average molecular weight is 225 g/mol. The fraction of sp³-hybridized carbons (Fsp3) is 0.923. The first-order chi connectivity index (χ1) is 7.77. The lowest BCUT2D eigenvalue weighted by Gasteiger charge is -2.33. The Labute approximate surface area is 97.8 Å². The maximum absolute atomic E-state index is 11.1. The van der Waals surface area contributed by atoms with Crippen LogP contribution in [0.4, 0.5) is 0 Å². The first kappa shape index (κ1) is 11.9. The first-order valence-corrected chi connectivity index (χ1v) is 6.74. The van der Waals surface area contributed by atoms with E-state index < -0.39 is 5.97 Å². The van der Waals surface area contributed by atoms with Crippen LogP contribution in [0.25, 0.3) is 0 Å². The zero-order chi connectivity index (χ0) is 11.4. The molecule has 2 fully saturated rings. The summed E-state index contributed by atoms with van der Waals surface area (Å²) in [6.45, 7) is 1.98. The van der Waals surface area contributed by atoms with Gasteiger partial charge < -0.3 is 5.11 Å². The van der Waals surface area contributed by atoms with Crippen LogP contribution in [-0.2, 0) is 4.79 Å². The zero-order valence-electron chi connectivity index (χ0n) is 10.0. The zero-order valence-corrected chi connectivity index (χ0v) is 10.0. The smallest absolute Gasteiger partial charge is 0.320 e. The van der Waals surface area contributed by atoms with E-state index in [4.69, 9.17) is 5.11 Å². The Kier molecular flexibility index (Phi) is 4.22. The highest BCUT2D eigenvalue weighted by molar-refractivity contribution is 5.73. The molecule has 0 aromatic heterocycles. The van der Waals surface area contributed by atoms with Gasteiger partial charge in [0, 0.05) is 0 Å². The molecule has 2 aliphatic rings. The molecular formula is C13H23NO2. The van der Waals surface area contributed by atoms with E-state index in [1.807, 2.05) is 0 Å². The fourth-order valence-electron chi connectivity index (χ4n) is 2.90. The van der Waals surface area contributed by atoms with Gasteiger partial charge in [-0.05, 0) is 44.7 Å². The Hall–Kier alpha value is -0.570. The summed E-state index contributed by atoms with van der Waals surface area (Å²) in [5.41, 5.74) is 0. The minimum absolute atomic E-state index is 0.199. The minimum Gasteiger partial charge on any atom is -0.480 e. The van der Waals surface area contributed by atoms with Crippen molar-refractivity contribution in [2.45, 2.75) is 57.4 Å². The summed E-state index contributed by atoms with van der Waals surface area (Å²) in [5, 5.41) is 9.13. The quantitative estimate of drug-likeness (QED) is 0.781. The second-order valence-electron chi connectivity index (χ2n) is 5.32. The molecule has 3 heteroatoms. The molecule has 0 unspecified atom stereocenters. The summed E-state index contributed by atoms with van der Waals surface area (Å²) in [7, 11) is 0. The lowest BCUT2D eigenvalue weighted by atomic mass is 9.82. The summed E-state index contributed by atoms with van der Waals surface area (Å²) >= 11 is 0. The molecule has 0 spiro atoms. The third kappa shape index (κ3) is 2.97. The summed E-state index contributed by atoms with van der Waals surface area (Å²) in [6.07, 6.45) is 9.82. The number of piperidine rings is 1. The molecule has 0 aromatic carbocycles. The van der Waals surface area contributed by atoms with Crippen molar-refractivity contribution < 1.29 is 9.90 Å². The third-order valence-corrected chi connectivity index (χ3v) is 4.18. The molecule has 0 aromatic rings. The molecule has 1 saturated heterocycles. The molecule has 3 nitrogen and oxygen atoms in total. The SMILES string of the molecule is O=C(O)[C@H]1CCCCN1CCCC1CCC1. The van der Waals surface area contributed by atoms with Gasteiger partial charge in [0.2, 0.25) is 0 Å². The van der Waals surface area contributed by atoms with E-state index in [0.717, 1.165) is 31.8 Å². The van der Waals surface area contributed by atoms with Gasteiger partial charge in [-0.2, -0.15) is 0 Å². The largest absolute Gasteiger partial charge is 0.480 e. The van der Waals surface area contributed by atoms with E-state index in [2.05, 4.69) is 4.90 Å². The van der Waals surface area contributed by atoms with Crippen molar-refractivity contribution in [1.29, 1.82) is 0 Å². The second-order valence-corrected chi connectivity index (χ2v) is 5.32. The van der Waals surface area contributed by atoms with Crippen LogP contribution in [-0.4, -0.2) is 35.1 Å². The molecule has 1 atom stereocenters. The summed E-state index contributed by atoms with van der Waals surface area (Å²) < 4.78 is 0. The van der Waals surface area contributed by atoms with Crippen LogP contribution in [0.2, 0.25) is 0 Å². The number of hydrogen-bond donors (Lipinski definition) is 1. The predicted molar refractivity (Wildman–Crippen MR) is 63.4 cm³/mol. The molecular weight excluding hydrogens is 202 g/mol. The Bertz CT molecular complexity index is 238. The lowest BCUT2D eigenvalue weighted by Crippen LogP contribution is -2.45. The van der Waals surface area contributed by atoms with E-state index in [9.17, 15) is 4.79 Å². The standard InChI is InChI=1S/C13H23NO2/c15-13(16)12-8-1-2-9-14(12)10-4-7-11-5-3-6-11/h11-12H,1-10H2,(H,15,16)/t12-/m1/s1. The van der Waals surface area contributed by atoms with Crippen molar-refractivity contribution in [3.63, 3.8) is 0 Å². The Balaban J connectivity index is 1.70. The first-order valence-electron chi connectivity index (χ1n) is 6.74. The number of likely N-dealkylation sites (tertiary alicyclic amines) is 1. The molecule has 2 rings (SSSR count). The van der Waals surface area contributed by atoms with Gasteiger partial charge in [0.25, 0.3) is 0 Å². The number of hydrogen-bond acceptors (Lipinski definition) is 2. The van der Waals surface area contributed by atoms with Gasteiger partial charge in [-0.1, -0.05) is 25.7 Å². The van der Waals surface area contributed by atoms with Crippen LogP contribution >= 0.6 is 0 Å². The van der Waals surface area contributed by atoms with Gasteiger partial charge in [-0.15, -0.1) is 0 Å². The van der Waals surface area contributed by atoms with Crippen LogP contribution in [0.15, 0.2) is 0 Å². The van der Waals surface area contributed by atoms with E-state index in [-0.39, 0.29) is 6.04 Å². The van der Waals surface area contributed by atoms with Gasteiger partial charge >= 0.3 is 5.97 Å². The van der Waals surface area contributed by atoms with E-state index in [1.54, 1.807) is 0 Å². The minimum atomic E-state index is -0.622. The molecule has 0 amide bonds. The molecule has 1 heterocycles. The van der Waals surface area contributed by atoms with Crippen LogP contribution in [0, 0.1) is 5.92 Å². The number of nitrogens with zero attached hydrogens (tertiary/aromatic N) is 1. The second kappa shape index (κ2) is 5.67. The molecule has 0 radical (unpaired) electrons. The molecule has 92 valence electrons. The molecule has 16 heavy (non-hydrogen) atoms. The van der Waals surface area contributed by atoms with Gasteiger partial charge in [0.1, 0.15) is 6.04 Å². The Morgan fingerprint density at radius 1 is 1.19 bits per heavy atom. The normalized spacial score (nSPS) is 27.6. The van der Waals surface area contributed by atoms with Gasteiger partial charge in [0.05, 0.1) is 0 Å². The molecule has 1 N–H and O–H groups in total. The summed E-state index contributed by atoms with van der Waals surface area (Å²) in [6, 6.07) is -0.199. The monoisotopic (exact) mass is 225 g/mol. The Morgan fingerprint density at radius 2 is 2.00 bits per heavy atom. The predicted octanol–water partition coefficient (Wildman–Crippen LogP) is 2.51. The van der Waals surface area contributed by atoms with Crippen molar-refractivity contribution in [3.8, 4) is 0 Å². The van der Waals surface area contributed by atoms with Crippen molar-refractivity contribution >= 4 is 5.97 Å². The fourth-order valence-corrected chi connectivity index (χ4v) is 2.90. The van der Waals surface area contributed by atoms with E-state index in [1.165, 1.54) is 38.5 Å². The highest BCUT2D eigenvalue weighted by Crippen LogP contribution is 2.30. The van der Waals surface area contributed by atoms with Crippen LogP contribution in [0.1, 0.15) is 51.4 Å². The molecule has 1 aliphatic carbocycles. The lowest BCUT2D eigenvalue weighted by molar-refractivity contribution is -0.144. The van der Waals surface area contributed by atoms with Crippen LogP contribution < -0.4 is 0 Å². The van der Waals surface area contributed by atoms with E-state index >= 15 is 0 Å². The van der Waals surface area contributed by atoms with Crippen molar-refractivity contribution in [2.75, 3.05) is 13.1 Å². The summed E-state index contributed by atoms with van der Waals surface area (Å²) in [4.78, 5) is 13.3. The highest BCUT2D eigenvalue weighted by atomic mass is 16.4. The van der Waals surface area contributed by atoms with Gasteiger partial charge in [0.15, 0.2) is 0 Å². The number of carboxylic acids is 1. The van der Waals surface area contributed by atoms with Gasteiger partial charge in [-0.25, -0.2) is 0 Å². The topological polar surface area (TPSA) is 40.5 Å². The molecule has 0 bridgehead atoms. The third-order valence-electron chi connectivity index (χ3n) is 4.18. The molecule has 1 aliphatic heterocycles. The van der Waals surface area contributed by atoms with Crippen molar-refractivity contribution in [2.24, 2.45) is 5.92 Å². The molecule has 1 saturated carbocycles. The number of aliphatic carboxylic acids is 1. The Morgan fingerprint density at radius 3 is 2.62 bits per heavy atom. The van der Waals surface area contributed by atoms with Gasteiger partial charge in [-0.3, -0.25) is 9.69 Å². The highest BCUT2D eigenvalue weighted by Gasteiger charge is 2.28. The maximum atomic E-state index is 11.1. The van der Waals surface area contributed by atoms with Crippen LogP contribution in [0.5, 0.6) is 0 Å².